The average molecular weight is 470 g/mol. The monoisotopic (exact) mass is 469 g/mol. The van der Waals surface area contributed by atoms with E-state index in [4.69, 9.17) is 4.74 Å². The Kier molecular flexibility index (Phi) is 9.21. The van der Waals surface area contributed by atoms with Gasteiger partial charge in [0, 0.05) is 64.4 Å². The summed E-state index contributed by atoms with van der Waals surface area (Å²) >= 11 is 0. The van der Waals surface area contributed by atoms with E-state index < -0.39 is 0 Å². The molecule has 1 aliphatic carbocycles. The highest BCUT2D eigenvalue weighted by molar-refractivity contribution is 5.63. The highest BCUT2D eigenvalue weighted by Gasteiger charge is 2.34. The smallest absolute Gasteiger partial charge is 0.0491 e. The SMILES string of the molecule is CCCN1CCN(c2ccc(N3CCC(COC)CC3)cc2C2CCC(CC)(CC)CC2)CC1. The van der Waals surface area contributed by atoms with E-state index in [9.17, 15) is 0 Å². The summed E-state index contributed by atoms with van der Waals surface area (Å²) in [5.41, 5.74) is 5.26. The zero-order valence-electron chi connectivity index (χ0n) is 22.7. The zero-order chi connectivity index (χ0) is 24.0. The zero-order valence-corrected chi connectivity index (χ0v) is 22.7. The second-order valence-corrected chi connectivity index (χ2v) is 11.4. The molecular weight excluding hydrogens is 418 g/mol. The van der Waals surface area contributed by atoms with Gasteiger partial charge in [0.25, 0.3) is 0 Å². The summed E-state index contributed by atoms with van der Waals surface area (Å²) < 4.78 is 5.43. The molecule has 0 unspecified atom stereocenters. The minimum atomic E-state index is 0.600. The van der Waals surface area contributed by atoms with Gasteiger partial charge in [-0.2, -0.15) is 0 Å². The molecule has 0 atom stereocenters. The molecule has 1 aromatic carbocycles. The predicted octanol–water partition coefficient (Wildman–Crippen LogP) is 6.55. The van der Waals surface area contributed by atoms with Crippen molar-refractivity contribution in [2.75, 3.05) is 69.3 Å². The molecule has 2 heterocycles. The molecule has 0 aromatic heterocycles. The number of anilines is 2. The molecule has 3 aliphatic rings. The second kappa shape index (κ2) is 12.1. The van der Waals surface area contributed by atoms with Gasteiger partial charge in [-0.05, 0) is 92.5 Å². The van der Waals surface area contributed by atoms with Crippen molar-refractivity contribution in [2.24, 2.45) is 11.3 Å². The van der Waals surface area contributed by atoms with Crippen molar-refractivity contribution in [2.45, 2.75) is 84.5 Å². The fourth-order valence-electron chi connectivity index (χ4n) is 6.97. The van der Waals surface area contributed by atoms with Gasteiger partial charge < -0.3 is 14.5 Å². The van der Waals surface area contributed by atoms with Gasteiger partial charge in [-0.25, -0.2) is 0 Å². The molecule has 4 nitrogen and oxygen atoms in total. The number of hydrogen-bond acceptors (Lipinski definition) is 4. The molecule has 0 amide bonds. The maximum Gasteiger partial charge on any atom is 0.0491 e. The van der Waals surface area contributed by atoms with Crippen LogP contribution in [0.15, 0.2) is 18.2 Å². The van der Waals surface area contributed by atoms with Crippen LogP contribution in [-0.4, -0.2) is 64.4 Å². The first-order chi connectivity index (χ1) is 16.6. The van der Waals surface area contributed by atoms with E-state index in [2.05, 4.69) is 53.7 Å². The molecule has 0 bridgehead atoms. The normalized spacial score (nSPS) is 22.9. The quantitative estimate of drug-likeness (QED) is 0.408. The van der Waals surface area contributed by atoms with E-state index in [1.807, 2.05) is 7.11 Å². The fourth-order valence-corrected chi connectivity index (χ4v) is 6.97. The van der Waals surface area contributed by atoms with Crippen LogP contribution >= 0.6 is 0 Å². The van der Waals surface area contributed by atoms with Crippen LogP contribution in [0.3, 0.4) is 0 Å². The van der Waals surface area contributed by atoms with Gasteiger partial charge in [0.15, 0.2) is 0 Å². The highest BCUT2D eigenvalue weighted by Crippen LogP contribution is 2.49. The van der Waals surface area contributed by atoms with E-state index in [0.29, 0.717) is 5.41 Å². The predicted molar refractivity (Wildman–Crippen MR) is 146 cm³/mol. The van der Waals surface area contributed by atoms with Crippen molar-refractivity contribution < 1.29 is 4.74 Å². The Hall–Kier alpha value is -1.26. The number of piperazine rings is 1. The molecule has 0 radical (unpaired) electrons. The Bertz CT molecular complexity index is 735. The summed E-state index contributed by atoms with van der Waals surface area (Å²) in [6.07, 6.45) is 12.0. The van der Waals surface area contributed by atoms with E-state index >= 15 is 0 Å². The average Bonchev–Trinajstić information content (AvgIpc) is 2.90. The van der Waals surface area contributed by atoms with Gasteiger partial charge in [0.05, 0.1) is 0 Å². The Morgan fingerprint density at radius 1 is 0.853 bits per heavy atom. The summed E-state index contributed by atoms with van der Waals surface area (Å²) in [4.78, 5) is 7.99. The lowest BCUT2D eigenvalue weighted by Crippen LogP contribution is -2.47. The van der Waals surface area contributed by atoms with Crippen molar-refractivity contribution in [1.29, 1.82) is 0 Å². The number of benzene rings is 1. The van der Waals surface area contributed by atoms with Crippen LogP contribution in [0.2, 0.25) is 0 Å². The molecule has 0 spiro atoms. The summed E-state index contributed by atoms with van der Waals surface area (Å²) in [6, 6.07) is 7.53. The summed E-state index contributed by atoms with van der Waals surface area (Å²) in [6.45, 7) is 16.4. The molecule has 1 aromatic rings. The topological polar surface area (TPSA) is 19.0 Å². The van der Waals surface area contributed by atoms with Gasteiger partial charge in [0.2, 0.25) is 0 Å². The summed E-state index contributed by atoms with van der Waals surface area (Å²) in [7, 11) is 1.84. The summed E-state index contributed by atoms with van der Waals surface area (Å²) in [5.74, 6) is 1.45. The lowest BCUT2D eigenvalue weighted by Gasteiger charge is -2.42. The molecule has 2 saturated heterocycles. The van der Waals surface area contributed by atoms with Gasteiger partial charge in [-0.15, -0.1) is 0 Å². The van der Waals surface area contributed by atoms with E-state index in [1.54, 1.807) is 11.3 Å². The van der Waals surface area contributed by atoms with E-state index in [1.165, 1.54) is 109 Å². The van der Waals surface area contributed by atoms with Gasteiger partial charge >= 0.3 is 0 Å². The minimum absolute atomic E-state index is 0.600. The van der Waals surface area contributed by atoms with Crippen molar-refractivity contribution >= 4 is 11.4 Å². The third-order valence-electron chi connectivity index (χ3n) is 9.63. The third-order valence-corrected chi connectivity index (χ3v) is 9.63. The van der Waals surface area contributed by atoms with Crippen molar-refractivity contribution in [3.05, 3.63) is 23.8 Å². The van der Waals surface area contributed by atoms with Crippen molar-refractivity contribution in [3.8, 4) is 0 Å². The van der Waals surface area contributed by atoms with Crippen LogP contribution < -0.4 is 9.80 Å². The molecule has 2 aliphatic heterocycles. The van der Waals surface area contributed by atoms with Crippen LogP contribution in [-0.2, 0) is 4.74 Å². The second-order valence-electron chi connectivity index (χ2n) is 11.4. The van der Waals surface area contributed by atoms with Gasteiger partial charge in [0.1, 0.15) is 0 Å². The number of nitrogens with zero attached hydrogens (tertiary/aromatic N) is 3. The first-order valence-corrected chi connectivity index (χ1v) is 14.5. The first-order valence-electron chi connectivity index (χ1n) is 14.5. The molecule has 4 heteroatoms. The maximum atomic E-state index is 5.43. The van der Waals surface area contributed by atoms with Crippen LogP contribution in [0.25, 0.3) is 0 Å². The fraction of sp³-hybridized carbons (Fsp3) is 0.800. The highest BCUT2D eigenvalue weighted by atomic mass is 16.5. The number of methoxy groups -OCH3 is 1. The van der Waals surface area contributed by atoms with E-state index in [-0.39, 0.29) is 0 Å². The van der Waals surface area contributed by atoms with Gasteiger partial charge in [-0.3, -0.25) is 4.90 Å². The molecular formula is C30H51N3O. The number of piperidine rings is 1. The number of ether oxygens (including phenoxy) is 1. The molecule has 3 fully saturated rings. The van der Waals surface area contributed by atoms with Gasteiger partial charge in [-0.1, -0.05) is 33.6 Å². The number of rotatable bonds is 9. The van der Waals surface area contributed by atoms with Crippen LogP contribution in [0.4, 0.5) is 11.4 Å². The van der Waals surface area contributed by atoms with Crippen molar-refractivity contribution in [1.82, 2.24) is 4.90 Å². The van der Waals surface area contributed by atoms with Crippen molar-refractivity contribution in [3.63, 3.8) is 0 Å². The Morgan fingerprint density at radius 3 is 2.12 bits per heavy atom. The maximum absolute atomic E-state index is 5.43. The third kappa shape index (κ3) is 5.93. The Morgan fingerprint density at radius 2 is 1.53 bits per heavy atom. The van der Waals surface area contributed by atoms with E-state index in [0.717, 1.165) is 18.4 Å². The first kappa shape index (κ1) is 25.8. The largest absolute Gasteiger partial charge is 0.384 e. The molecule has 34 heavy (non-hydrogen) atoms. The summed E-state index contributed by atoms with van der Waals surface area (Å²) in [5, 5.41) is 0. The number of hydrogen-bond donors (Lipinski definition) is 0. The lowest BCUT2D eigenvalue weighted by atomic mass is 9.66. The minimum Gasteiger partial charge on any atom is -0.384 e. The van der Waals surface area contributed by atoms with Crippen LogP contribution in [0.1, 0.15) is 90.0 Å². The van der Waals surface area contributed by atoms with Crippen LogP contribution in [0.5, 0.6) is 0 Å². The molecule has 1 saturated carbocycles. The molecule has 0 N–H and O–H groups in total. The standard InChI is InChI=1S/C30H51N3O/c1-5-16-31-19-21-33(22-20-31)29-9-8-27(32-17-12-25(13-18-32)24-34-4)23-28(29)26-10-14-30(6-2,7-3)15-11-26/h8-9,23,25-26H,5-7,10-22,24H2,1-4H3. The van der Waals surface area contributed by atoms with Crippen LogP contribution in [0, 0.1) is 11.3 Å². The Balaban J connectivity index is 1.53. The Labute approximate surface area is 210 Å². The lowest BCUT2D eigenvalue weighted by molar-refractivity contribution is 0.139. The molecule has 192 valence electrons. The molecule has 4 rings (SSSR count).